The van der Waals surface area contributed by atoms with E-state index >= 15 is 0 Å². The maximum atomic E-state index is 13.4. The zero-order valence-corrected chi connectivity index (χ0v) is 16.9. The van der Waals surface area contributed by atoms with Crippen LogP contribution in [0.4, 0.5) is 0 Å². The van der Waals surface area contributed by atoms with Crippen molar-refractivity contribution in [3.05, 3.63) is 41.9 Å². The van der Waals surface area contributed by atoms with Crippen LogP contribution < -0.4 is 10.1 Å². The molecule has 7 nitrogen and oxygen atoms in total. The summed E-state index contributed by atoms with van der Waals surface area (Å²) in [4.78, 5) is 4.45. The molecule has 1 atom stereocenters. The molecule has 0 aliphatic carbocycles. The van der Waals surface area contributed by atoms with Crippen molar-refractivity contribution >= 4 is 22.4 Å². The molecule has 1 aromatic heterocycles. The van der Waals surface area contributed by atoms with Gasteiger partial charge in [-0.3, -0.25) is 0 Å². The van der Waals surface area contributed by atoms with Crippen molar-refractivity contribution in [1.29, 1.82) is 0 Å². The van der Waals surface area contributed by atoms with Crippen LogP contribution in [0.25, 0.3) is 0 Å². The van der Waals surface area contributed by atoms with E-state index in [9.17, 15) is 8.42 Å². The van der Waals surface area contributed by atoms with Crippen molar-refractivity contribution in [3.8, 4) is 5.75 Å². The second-order valence-electron chi connectivity index (χ2n) is 6.72. The number of aromatic nitrogens is 2. The van der Waals surface area contributed by atoms with Gasteiger partial charge in [0.25, 0.3) is 10.0 Å². The third kappa shape index (κ3) is 3.71. The standard InChI is InChI=1S/C18H24N4O3S.ClH/c1-25-16-7-3-2-6-14(16)15-12-19-9-11-22(15)26(23,24)18-13-21-10-5-4-8-17(21)20-18;/h2-3,6-7,13,15,19H,4-5,8-12H2,1H3;1H. The summed E-state index contributed by atoms with van der Waals surface area (Å²) in [6, 6.07) is 7.28. The molecular weight excluding hydrogens is 388 g/mol. The Hall–Kier alpha value is -1.61. The van der Waals surface area contributed by atoms with Gasteiger partial charge in [0.1, 0.15) is 11.6 Å². The van der Waals surface area contributed by atoms with Gasteiger partial charge in [-0.15, -0.1) is 12.4 Å². The van der Waals surface area contributed by atoms with Gasteiger partial charge in [0.05, 0.1) is 13.2 Å². The lowest BCUT2D eigenvalue weighted by Crippen LogP contribution is -2.48. The molecule has 2 aliphatic rings. The lowest BCUT2D eigenvalue weighted by Gasteiger charge is -2.35. The molecule has 9 heteroatoms. The maximum Gasteiger partial charge on any atom is 0.262 e. The molecule has 1 saturated heterocycles. The van der Waals surface area contributed by atoms with Gasteiger partial charge in [-0.25, -0.2) is 13.4 Å². The van der Waals surface area contributed by atoms with Crippen molar-refractivity contribution < 1.29 is 13.2 Å². The van der Waals surface area contributed by atoms with Crippen molar-refractivity contribution in [2.75, 3.05) is 26.7 Å². The van der Waals surface area contributed by atoms with Crippen LogP contribution in [0, 0.1) is 0 Å². The van der Waals surface area contributed by atoms with Gasteiger partial charge in [-0.05, 0) is 18.9 Å². The smallest absolute Gasteiger partial charge is 0.262 e. The molecule has 0 saturated carbocycles. The van der Waals surface area contributed by atoms with Crippen molar-refractivity contribution in [2.45, 2.75) is 36.9 Å². The first-order chi connectivity index (χ1) is 12.6. The van der Waals surface area contributed by atoms with Gasteiger partial charge in [-0.2, -0.15) is 4.31 Å². The lowest BCUT2D eigenvalue weighted by atomic mass is 10.0. The van der Waals surface area contributed by atoms with Crippen LogP contribution in [0.2, 0.25) is 0 Å². The Morgan fingerprint density at radius 3 is 2.81 bits per heavy atom. The number of piperazine rings is 1. The number of aryl methyl sites for hydroxylation is 2. The number of nitrogens with zero attached hydrogens (tertiary/aromatic N) is 3. The highest BCUT2D eigenvalue weighted by Gasteiger charge is 2.37. The number of nitrogens with one attached hydrogen (secondary N) is 1. The van der Waals surface area contributed by atoms with Gasteiger partial charge in [0.2, 0.25) is 0 Å². The maximum absolute atomic E-state index is 13.4. The SMILES string of the molecule is COc1ccccc1C1CNCCN1S(=O)(=O)c1cn2c(n1)CCCC2.Cl. The monoisotopic (exact) mass is 412 g/mol. The van der Waals surface area contributed by atoms with Gasteiger partial charge >= 0.3 is 0 Å². The number of fused-ring (bicyclic) bond motifs is 1. The first-order valence-corrected chi connectivity index (χ1v) is 10.5. The highest BCUT2D eigenvalue weighted by Crippen LogP contribution is 2.34. The molecular formula is C18H25ClN4O3S. The summed E-state index contributed by atoms with van der Waals surface area (Å²) in [5.41, 5.74) is 0.870. The van der Waals surface area contributed by atoms with E-state index in [-0.39, 0.29) is 23.5 Å². The number of hydrogen-bond acceptors (Lipinski definition) is 5. The molecule has 1 aromatic carbocycles. The lowest BCUT2D eigenvalue weighted by molar-refractivity contribution is 0.264. The molecule has 3 heterocycles. The van der Waals surface area contributed by atoms with Crippen LogP contribution in [0.15, 0.2) is 35.5 Å². The van der Waals surface area contributed by atoms with Crippen LogP contribution in [0.1, 0.15) is 30.3 Å². The molecule has 0 amide bonds. The summed E-state index contributed by atoms with van der Waals surface area (Å²) in [5, 5.41) is 3.46. The van der Waals surface area contributed by atoms with E-state index in [0.717, 1.165) is 37.2 Å². The highest BCUT2D eigenvalue weighted by atomic mass is 35.5. The molecule has 0 radical (unpaired) electrons. The Balaban J connectivity index is 0.00000210. The Morgan fingerprint density at radius 2 is 2.04 bits per heavy atom. The number of halogens is 1. The number of rotatable bonds is 4. The highest BCUT2D eigenvalue weighted by molar-refractivity contribution is 7.89. The minimum atomic E-state index is -3.67. The minimum Gasteiger partial charge on any atom is -0.496 e. The molecule has 148 valence electrons. The number of imidazole rings is 1. The average Bonchev–Trinajstić information content (AvgIpc) is 3.13. The van der Waals surface area contributed by atoms with E-state index in [4.69, 9.17) is 4.74 Å². The second-order valence-corrected chi connectivity index (χ2v) is 8.56. The number of benzene rings is 1. The third-order valence-corrected chi connectivity index (χ3v) is 6.93. The average molecular weight is 413 g/mol. The number of hydrogen-bond donors (Lipinski definition) is 1. The summed E-state index contributed by atoms with van der Waals surface area (Å²) >= 11 is 0. The third-order valence-electron chi connectivity index (χ3n) is 5.15. The number of sulfonamides is 1. The Kier molecular flexibility index (Phi) is 6.10. The predicted octanol–water partition coefficient (Wildman–Crippen LogP) is 1.98. The minimum absolute atomic E-state index is 0. The first kappa shape index (κ1) is 20.1. The zero-order chi connectivity index (χ0) is 18.1. The van der Waals surface area contributed by atoms with Gasteiger partial charge in [-0.1, -0.05) is 18.2 Å². The van der Waals surface area contributed by atoms with E-state index in [1.165, 1.54) is 0 Å². The Morgan fingerprint density at radius 1 is 1.22 bits per heavy atom. The Bertz CT molecular complexity index is 876. The van der Waals surface area contributed by atoms with E-state index in [1.54, 1.807) is 17.6 Å². The predicted molar refractivity (Wildman–Crippen MR) is 105 cm³/mol. The molecule has 1 unspecified atom stereocenters. The molecule has 27 heavy (non-hydrogen) atoms. The molecule has 1 N–H and O–H groups in total. The Labute approximate surface area is 166 Å². The molecule has 2 aromatic rings. The molecule has 2 aliphatic heterocycles. The quantitative estimate of drug-likeness (QED) is 0.831. The summed E-state index contributed by atoms with van der Waals surface area (Å²) in [6.07, 6.45) is 4.67. The van der Waals surface area contributed by atoms with Crippen LogP contribution in [0.3, 0.4) is 0 Å². The zero-order valence-electron chi connectivity index (χ0n) is 15.3. The molecule has 1 fully saturated rings. The van der Waals surface area contributed by atoms with Crippen LogP contribution >= 0.6 is 12.4 Å². The fourth-order valence-corrected chi connectivity index (χ4v) is 5.39. The fraction of sp³-hybridized carbons (Fsp3) is 0.500. The molecule has 4 rings (SSSR count). The summed E-state index contributed by atoms with van der Waals surface area (Å²) in [6.45, 7) is 2.42. The van der Waals surface area contributed by atoms with Crippen LogP contribution in [0.5, 0.6) is 5.75 Å². The first-order valence-electron chi connectivity index (χ1n) is 9.03. The van der Waals surface area contributed by atoms with Crippen LogP contribution in [-0.2, 0) is 23.0 Å². The van der Waals surface area contributed by atoms with Gasteiger partial charge in [0.15, 0.2) is 5.03 Å². The molecule has 0 bridgehead atoms. The van der Waals surface area contributed by atoms with Crippen molar-refractivity contribution in [3.63, 3.8) is 0 Å². The topological polar surface area (TPSA) is 76.5 Å². The van der Waals surface area contributed by atoms with E-state index in [2.05, 4.69) is 10.3 Å². The summed E-state index contributed by atoms with van der Waals surface area (Å²) in [7, 11) is -2.06. The van der Waals surface area contributed by atoms with Gasteiger partial charge < -0.3 is 14.6 Å². The summed E-state index contributed by atoms with van der Waals surface area (Å²) in [5.74, 6) is 1.57. The fourth-order valence-electron chi connectivity index (χ4n) is 3.81. The second kappa shape index (κ2) is 8.18. The van der Waals surface area contributed by atoms with E-state index < -0.39 is 10.0 Å². The molecule has 0 spiro atoms. The van der Waals surface area contributed by atoms with Gasteiger partial charge in [0, 0.05) is 44.4 Å². The number of para-hydroxylation sites is 1. The van der Waals surface area contributed by atoms with E-state index in [0.29, 0.717) is 25.4 Å². The van der Waals surface area contributed by atoms with Crippen LogP contribution in [-0.4, -0.2) is 49.0 Å². The van der Waals surface area contributed by atoms with E-state index in [1.807, 2.05) is 28.8 Å². The summed E-state index contributed by atoms with van der Waals surface area (Å²) < 4.78 is 35.8. The number of methoxy groups -OCH3 is 1. The number of ether oxygens (including phenoxy) is 1. The van der Waals surface area contributed by atoms with Crippen molar-refractivity contribution in [1.82, 2.24) is 19.2 Å². The normalized spacial score (nSPS) is 20.6. The van der Waals surface area contributed by atoms with Crippen molar-refractivity contribution in [2.24, 2.45) is 0 Å². The largest absolute Gasteiger partial charge is 0.496 e.